The second-order valence-electron chi connectivity index (χ2n) is 2.42. The summed E-state index contributed by atoms with van der Waals surface area (Å²) in [6.45, 7) is 3.75. The van der Waals surface area contributed by atoms with Crippen LogP contribution in [-0.4, -0.2) is 17.3 Å². The molecule has 0 aliphatic carbocycles. The fraction of sp³-hybridized carbons (Fsp3) is 0.429. The molecule has 1 rings (SSSR count). The molecule has 1 heterocycles. The second-order valence-corrected chi connectivity index (χ2v) is 3.22. The van der Waals surface area contributed by atoms with E-state index in [9.17, 15) is 4.79 Å². The standard InChI is InChI=1S/C7H10N2OS/c1-4(2)5-6(10)9-7(8-5)11-3/h1-3H3,(H,8,9,10). The molecule has 0 fully saturated rings. The van der Waals surface area contributed by atoms with Gasteiger partial charge in [-0.15, -0.1) is 0 Å². The van der Waals surface area contributed by atoms with Crippen LogP contribution in [0.1, 0.15) is 13.8 Å². The number of allylic oxidation sites excluding steroid dienone is 1. The van der Waals surface area contributed by atoms with Gasteiger partial charge in [-0.2, -0.15) is 0 Å². The number of hydrogen-bond acceptors (Lipinski definition) is 3. The molecule has 0 saturated carbocycles. The van der Waals surface area contributed by atoms with Crippen molar-refractivity contribution in [1.29, 1.82) is 0 Å². The molecule has 0 saturated heterocycles. The Morgan fingerprint density at radius 2 is 2.18 bits per heavy atom. The minimum absolute atomic E-state index is 0.0886. The highest BCUT2D eigenvalue weighted by Gasteiger charge is 2.19. The molecule has 11 heavy (non-hydrogen) atoms. The van der Waals surface area contributed by atoms with Gasteiger partial charge in [-0.05, 0) is 25.7 Å². The van der Waals surface area contributed by atoms with Crippen LogP contribution in [0.25, 0.3) is 0 Å². The van der Waals surface area contributed by atoms with Gasteiger partial charge in [0.2, 0.25) is 0 Å². The molecule has 3 nitrogen and oxygen atoms in total. The van der Waals surface area contributed by atoms with E-state index in [4.69, 9.17) is 0 Å². The van der Waals surface area contributed by atoms with E-state index in [1.165, 1.54) is 11.8 Å². The third kappa shape index (κ3) is 1.63. The predicted molar refractivity (Wildman–Crippen MR) is 47.5 cm³/mol. The summed E-state index contributed by atoms with van der Waals surface area (Å²) < 4.78 is 0. The largest absolute Gasteiger partial charge is 0.300 e. The molecule has 0 unspecified atom stereocenters. The van der Waals surface area contributed by atoms with Crippen LogP contribution < -0.4 is 5.32 Å². The average molecular weight is 170 g/mol. The minimum atomic E-state index is -0.0886. The number of nitrogens with zero attached hydrogens (tertiary/aromatic N) is 1. The zero-order valence-electron chi connectivity index (χ0n) is 6.76. The molecule has 0 aromatic rings. The number of amidine groups is 1. The first kappa shape index (κ1) is 8.33. The molecule has 1 aliphatic heterocycles. The van der Waals surface area contributed by atoms with Crippen LogP contribution in [0.3, 0.4) is 0 Å². The summed E-state index contributed by atoms with van der Waals surface area (Å²) in [6, 6.07) is 0. The van der Waals surface area contributed by atoms with Gasteiger partial charge in [-0.1, -0.05) is 11.8 Å². The van der Waals surface area contributed by atoms with Gasteiger partial charge in [0.15, 0.2) is 5.17 Å². The molecule has 1 N–H and O–H groups in total. The Hall–Kier alpha value is -0.770. The molecule has 0 aromatic heterocycles. The number of amides is 1. The molecular weight excluding hydrogens is 160 g/mol. The molecule has 1 aliphatic rings. The summed E-state index contributed by atoms with van der Waals surface area (Å²) in [7, 11) is 0. The summed E-state index contributed by atoms with van der Waals surface area (Å²) in [5, 5.41) is 3.34. The first-order chi connectivity index (χ1) is 5.15. The minimum Gasteiger partial charge on any atom is -0.300 e. The lowest BCUT2D eigenvalue weighted by molar-refractivity contribution is -0.115. The van der Waals surface area contributed by atoms with Crippen LogP contribution in [0.5, 0.6) is 0 Å². The third-order valence-electron chi connectivity index (χ3n) is 1.32. The first-order valence-electron chi connectivity index (χ1n) is 3.26. The Morgan fingerprint density at radius 3 is 2.45 bits per heavy atom. The Labute approximate surface area is 70.0 Å². The summed E-state index contributed by atoms with van der Waals surface area (Å²) in [6.07, 6.45) is 1.88. The van der Waals surface area contributed by atoms with Gasteiger partial charge in [0, 0.05) is 0 Å². The molecule has 0 radical (unpaired) electrons. The van der Waals surface area contributed by atoms with E-state index >= 15 is 0 Å². The second kappa shape index (κ2) is 3.09. The first-order valence-corrected chi connectivity index (χ1v) is 4.49. The van der Waals surface area contributed by atoms with Crippen LogP contribution in [0.2, 0.25) is 0 Å². The Balaban J connectivity index is 2.94. The van der Waals surface area contributed by atoms with Crippen LogP contribution >= 0.6 is 11.8 Å². The van der Waals surface area contributed by atoms with Gasteiger partial charge in [0.1, 0.15) is 5.70 Å². The topological polar surface area (TPSA) is 41.5 Å². The highest BCUT2D eigenvalue weighted by atomic mass is 32.2. The van der Waals surface area contributed by atoms with E-state index in [1.807, 2.05) is 20.1 Å². The van der Waals surface area contributed by atoms with Gasteiger partial charge in [-0.25, -0.2) is 4.99 Å². The molecule has 0 aromatic carbocycles. The number of thioether (sulfide) groups is 1. The van der Waals surface area contributed by atoms with Gasteiger partial charge >= 0.3 is 0 Å². The monoisotopic (exact) mass is 170 g/mol. The fourth-order valence-corrected chi connectivity index (χ4v) is 1.15. The average Bonchev–Trinajstić information content (AvgIpc) is 2.30. The Kier molecular flexibility index (Phi) is 2.34. The number of rotatable bonds is 0. The zero-order chi connectivity index (χ0) is 8.43. The number of hydrogen-bond donors (Lipinski definition) is 1. The maximum atomic E-state index is 11.1. The lowest BCUT2D eigenvalue weighted by Crippen LogP contribution is -2.21. The van der Waals surface area contributed by atoms with Crippen LogP contribution in [0, 0.1) is 0 Å². The van der Waals surface area contributed by atoms with E-state index in [1.54, 1.807) is 0 Å². The quantitative estimate of drug-likeness (QED) is 0.554. The van der Waals surface area contributed by atoms with Crippen LogP contribution in [-0.2, 0) is 4.79 Å². The normalized spacial score (nSPS) is 16.5. The van der Waals surface area contributed by atoms with E-state index in [0.29, 0.717) is 10.9 Å². The highest BCUT2D eigenvalue weighted by molar-refractivity contribution is 8.13. The molecular formula is C7H10N2OS. The maximum absolute atomic E-state index is 11.1. The van der Waals surface area contributed by atoms with Crippen molar-refractivity contribution in [3.05, 3.63) is 11.3 Å². The number of carbonyl (C=O) groups excluding carboxylic acids is 1. The van der Waals surface area contributed by atoms with Gasteiger partial charge in [0.25, 0.3) is 5.91 Å². The summed E-state index contributed by atoms with van der Waals surface area (Å²) in [4.78, 5) is 15.2. The maximum Gasteiger partial charge on any atom is 0.275 e. The van der Waals surface area contributed by atoms with Crippen LogP contribution in [0.4, 0.5) is 0 Å². The molecule has 0 bridgehead atoms. The van der Waals surface area contributed by atoms with Gasteiger partial charge in [0.05, 0.1) is 0 Å². The summed E-state index contributed by atoms with van der Waals surface area (Å²) in [5.74, 6) is -0.0886. The highest BCUT2D eigenvalue weighted by Crippen LogP contribution is 2.13. The van der Waals surface area contributed by atoms with Crippen LogP contribution in [0.15, 0.2) is 16.3 Å². The number of aliphatic imine (C=N–C) groups is 1. The van der Waals surface area contributed by atoms with E-state index in [0.717, 1.165) is 5.57 Å². The van der Waals surface area contributed by atoms with Crippen molar-refractivity contribution in [2.75, 3.05) is 6.26 Å². The third-order valence-corrected chi connectivity index (χ3v) is 1.90. The zero-order valence-corrected chi connectivity index (χ0v) is 7.58. The lowest BCUT2D eigenvalue weighted by Gasteiger charge is -1.92. The predicted octanol–water partition coefficient (Wildman–Crippen LogP) is 1.13. The van der Waals surface area contributed by atoms with Crippen molar-refractivity contribution in [1.82, 2.24) is 5.32 Å². The Morgan fingerprint density at radius 1 is 1.55 bits per heavy atom. The van der Waals surface area contributed by atoms with E-state index < -0.39 is 0 Å². The number of nitrogens with one attached hydrogen (secondary N) is 1. The molecule has 4 heteroatoms. The molecule has 60 valence electrons. The van der Waals surface area contributed by atoms with Crippen molar-refractivity contribution in [3.8, 4) is 0 Å². The SMILES string of the molecule is CSC1=NC(=C(C)C)C(=O)N1. The van der Waals surface area contributed by atoms with E-state index in [-0.39, 0.29) is 5.91 Å². The summed E-state index contributed by atoms with van der Waals surface area (Å²) >= 11 is 1.44. The molecule has 0 atom stereocenters. The van der Waals surface area contributed by atoms with Crippen molar-refractivity contribution < 1.29 is 4.79 Å². The fourth-order valence-electron chi connectivity index (χ4n) is 0.772. The van der Waals surface area contributed by atoms with Crippen molar-refractivity contribution >= 4 is 22.8 Å². The lowest BCUT2D eigenvalue weighted by atomic mass is 10.2. The van der Waals surface area contributed by atoms with Crippen molar-refractivity contribution in [3.63, 3.8) is 0 Å². The molecule has 0 spiro atoms. The Bertz CT molecular complexity index is 251. The van der Waals surface area contributed by atoms with Gasteiger partial charge < -0.3 is 0 Å². The van der Waals surface area contributed by atoms with Crippen molar-refractivity contribution in [2.45, 2.75) is 13.8 Å². The van der Waals surface area contributed by atoms with Gasteiger partial charge in [-0.3, -0.25) is 10.1 Å². The molecule has 1 amide bonds. The number of carbonyl (C=O) groups is 1. The van der Waals surface area contributed by atoms with E-state index in [2.05, 4.69) is 10.3 Å². The smallest absolute Gasteiger partial charge is 0.275 e. The summed E-state index contributed by atoms with van der Waals surface area (Å²) in [5.41, 5.74) is 1.50. The van der Waals surface area contributed by atoms with Crippen molar-refractivity contribution in [2.24, 2.45) is 4.99 Å².